The Hall–Kier alpha value is -2.49. The summed E-state index contributed by atoms with van der Waals surface area (Å²) in [6.07, 6.45) is 6.15. The van der Waals surface area contributed by atoms with Crippen LogP contribution < -0.4 is 10.1 Å². The van der Waals surface area contributed by atoms with Gasteiger partial charge in [-0.15, -0.1) is 0 Å². The SMILES string of the molecule is CCCCCCC[C@@](Nc1ccc(OC)cc1)(C(=O)OC(C)C)c1ccccc1. The van der Waals surface area contributed by atoms with E-state index in [2.05, 4.69) is 12.2 Å². The maximum Gasteiger partial charge on any atom is 0.336 e. The predicted molar refractivity (Wildman–Crippen MR) is 119 cm³/mol. The Morgan fingerprint density at radius 1 is 0.966 bits per heavy atom. The van der Waals surface area contributed by atoms with Gasteiger partial charge in [-0.3, -0.25) is 0 Å². The molecule has 1 N–H and O–H groups in total. The van der Waals surface area contributed by atoms with Crippen molar-refractivity contribution in [1.82, 2.24) is 0 Å². The summed E-state index contributed by atoms with van der Waals surface area (Å²) in [5.74, 6) is 0.551. The number of nitrogens with one attached hydrogen (secondary N) is 1. The Morgan fingerprint density at radius 3 is 2.21 bits per heavy atom. The van der Waals surface area contributed by atoms with Gasteiger partial charge >= 0.3 is 5.97 Å². The standard InChI is InChI=1S/C25H35NO3/c1-5-6-7-8-12-19-25(24(27)29-20(2)3,21-13-10-9-11-14-21)26-22-15-17-23(28-4)18-16-22/h9-11,13-18,20,26H,5-8,12,19H2,1-4H3/t25-/m0/s1. The van der Waals surface area contributed by atoms with Crippen LogP contribution in [0.5, 0.6) is 5.75 Å². The maximum atomic E-state index is 13.4. The average Bonchev–Trinajstić information content (AvgIpc) is 2.73. The zero-order valence-electron chi connectivity index (χ0n) is 18.2. The molecule has 4 heteroatoms. The van der Waals surface area contributed by atoms with E-state index in [0.717, 1.165) is 29.8 Å². The molecule has 0 spiro atoms. The number of hydrogen-bond donors (Lipinski definition) is 1. The van der Waals surface area contributed by atoms with Crippen molar-refractivity contribution >= 4 is 11.7 Å². The van der Waals surface area contributed by atoms with Crippen molar-refractivity contribution in [3.63, 3.8) is 0 Å². The first-order valence-corrected chi connectivity index (χ1v) is 10.7. The summed E-state index contributed by atoms with van der Waals surface area (Å²) < 4.78 is 11.0. The van der Waals surface area contributed by atoms with Gasteiger partial charge in [-0.05, 0) is 50.1 Å². The van der Waals surface area contributed by atoms with Gasteiger partial charge in [-0.25, -0.2) is 4.79 Å². The molecule has 0 bridgehead atoms. The van der Waals surface area contributed by atoms with Gasteiger partial charge in [0.1, 0.15) is 5.75 Å². The van der Waals surface area contributed by atoms with Crippen molar-refractivity contribution in [3.8, 4) is 5.75 Å². The molecule has 0 saturated carbocycles. The van der Waals surface area contributed by atoms with E-state index in [4.69, 9.17) is 9.47 Å². The van der Waals surface area contributed by atoms with Crippen molar-refractivity contribution in [2.75, 3.05) is 12.4 Å². The molecule has 0 unspecified atom stereocenters. The van der Waals surface area contributed by atoms with Gasteiger partial charge < -0.3 is 14.8 Å². The first-order valence-electron chi connectivity index (χ1n) is 10.7. The summed E-state index contributed by atoms with van der Waals surface area (Å²) >= 11 is 0. The minimum absolute atomic E-state index is 0.177. The molecular weight excluding hydrogens is 362 g/mol. The fraction of sp³-hybridized carbons (Fsp3) is 0.480. The minimum Gasteiger partial charge on any atom is -0.497 e. The molecule has 0 aliphatic heterocycles. The Bertz CT molecular complexity index is 727. The highest BCUT2D eigenvalue weighted by molar-refractivity contribution is 5.86. The largest absolute Gasteiger partial charge is 0.497 e. The van der Waals surface area contributed by atoms with Gasteiger partial charge in [0.05, 0.1) is 13.2 Å². The zero-order valence-corrected chi connectivity index (χ0v) is 18.2. The van der Waals surface area contributed by atoms with E-state index in [-0.39, 0.29) is 12.1 Å². The number of methoxy groups -OCH3 is 1. The molecule has 0 aromatic heterocycles. The number of hydrogen-bond acceptors (Lipinski definition) is 4. The van der Waals surface area contributed by atoms with Crippen LogP contribution in [0.1, 0.15) is 64.9 Å². The monoisotopic (exact) mass is 397 g/mol. The van der Waals surface area contributed by atoms with Crippen LogP contribution >= 0.6 is 0 Å². The number of carbonyl (C=O) groups is 1. The van der Waals surface area contributed by atoms with Gasteiger partial charge in [-0.1, -0.05) is 69.4 Å². The molecular formula is C25H35NO3. The fourth-order valence-electron chi connectivity index (χ4n) is 3.50. The van der Waals surface area contributed by atoms with Crippen LogP contribution in [0, 0.1) is 0 Å². The lowest BCUT2D eigenvalue weighted by Crippen LogP contribution is -2.45. The van der Waals surface area contributed by atoms with Crippen molar-refractivity contribution in [1.29, 1.82) is 0 Å². The van der Waals surface area contributed by atoms with Gasteiger partial charge in [0.15, 0.2) is 5.54 Å². The normalized spacial score (nSPS) is 13.0. The lowest BCUT2D eigenvalue weighted by molar-refractivity contribution is -0.153. The number of unbranched alkanes of at least 4 members (excludes halogenated alkanes) is 4. The van der Waals surface area contributed by atoms with Crippen LogP contribution in [0.4, 0.5) is 5.69 Å². The Morgan fingerprint density at radius 2 is 1.62 bits per heavy atom. The zero-order chi connectivity index (χ0) is 21.1. The van der Waals surface area contributed by atoms with Gasteiger partial charge in [0.2, 0.25) is 0 Å². The van der Waals surface area contributed by atoms with Gasteiger partial charge in [0.25, 0.3) is 0 Å². The van der Waals surface area contributed by atoms with E-state index in [1.165, 1.54) is 19.3 Å². The van der Waals surface area contributed by atoms with Crippen LogP contribution in [0.15, 0.2) is 54.6 Å². The number of rotatable bonds is 12. The Labute approximate surface area is 175 Å². The number of esters is 1. The third kappa shape index (κ3) is 6.52. The molecule has 0 radical (unpaired) electrons. The lowest BCUT2D eigenvalue weighted by atomic mass is 9.84. The Kier molecular flexibility index (Phi) is 9.04. The molecule has 0 amide bonds. The summed E-state index contributed by atoms with van der Waals surface area (Å²) in [7, 11) is 1.65. The summed E-state index contributed by atoms with van der Waals surface area (Å²) in [5.41, 5.74) is 0.868. The molecule has 2 aromatic rings. The Balaban J connectivity index is 2.38. The van der Waals surface area contributed by atoms with Crippen LogP contribution in [-0.4, -0.2) is 19.2 Å². The number of benzene rings is 2. The third-order valence-corrected chi connectivity index (χ3v) is 5.06. The van der Waals surface area contributed by atoms with Crippen LogP contribution in [0.25, 0.3) is 0 Å². The molecule has 29 heavy (non-hydrogen) atoms. The van der Waals surface area contributed by atoms with E-state index >= 15 is 0 Å². The molecule has 158 valence electrons. The second-order valence-corrected chi connectivity index (χ2v) is 7.74. The molecule has 0 aliphatic carbocycles. The molecule has 0 aliphatic rings. The molecule has 0 fully saturated rings. The van der Waals surface area contributed by atoms with Crippen LogP contribution in [0.3, 0.4) is 0 Å². The average molecular weight is 398 g/mol. The van der Waals surface area contributed by atoms with E-state index in [1.807, 2.05) is 68.4 Å². The molecule has 2 rings (SSSR count). The highest BCUT2D eigenvalue weighted by atomic mass is 16.5. The fourth-order valence-corrected chi connectivity index (χ4v) is 3.50. The van der Waals surface area contributed by atoms with Gasteiger partial charge in [-0.2, -0.15) is 0 Å². The first kappa shape index (κ1) is 22.8. The van der Waals surface area contributed by atoms with Crippen molar-refractivity contribution in [2.24, 2.45) is 0 Å². The first-order chi connectivity index (χ1) is 14.0. The summed E-state index contributed by atoms with van der Waals surface area (Å²) in [5, 5.41) is 3.53. The van der Waals surface area contributed by atoms with Crippen molar-refractivity contribution < 1.29 is 14.3 Å². The van der Waals surface area contributed by atoms with E-state index in [9.17, 15) is 4.79 Å². The molecule has 0 heterocycles. The quantitative estimate of drug-likeness (QED) is 0.336. The summed E-state index contributed by atoms with van der Waals surface area (Å²) in [4.78, 5) is 13.4. The highest BCUT2D eigenvalue weighted by Gasteiger charge is 2.41. The maximum absolute atomic E-state index is 13.4. The lowest BCUT2D eigenvalue weighted by Gasteiger charge is -2.35. The third-order valence-electron chi connectivity index (χ3n) is 5.06. The smallest absolute Gasteiger partial charge is 0.336 e. The highest BCUT2D eigenvalue weighted by Crippen LogP contribution is 2.34. The van der Waals surface area contributed by atoms with Crippen molar-refractivity contribution in [3.05, 3.63) is 60.2 Å². The molecule has 1 atom stereocenters. The van der Waals surface area contributed by atoms with Crippen LogP contribution in [0.2, 0.25) is 0 Å². The summed E-state index contributed by atoms with van der Waals surface area (Å²) in [6.45, 7) is 5.99. The number of anilines is 1. The van der Waals surface area contributed by atoms with E-state index < -0.39 is 5.54 Å². The summed E-state index contributed by atoms with van der Waals surface area (Å²) in [6, 6.07) is 17.6. The minimum atomic E-state index is -0.924. The van der Waals surface area contributed by atoms with Crippen LogP contribution in [-0.2, 0) is 15.1 Å². The topological polar surface area (TPSA) is 47.6 Å². The van der Waals surface area contributed by atoms with Crippen molar-refractivity contribution in [2.45, 2.75) is 70.9 Å². The van der Waals surface area contributed by atoms with E-state index in [1.54, 1.807) is 7.11 Å². The van der Waals surface area contributed by atoms with Gasteiger partial charge in [0, 0.05) is 5.69 Å². The molecule has 0 saturated heterocycles. The molecule has 4 nitrogen and oxygen atoms in total. The second-order valence-electron chi connectivity index (χ2n) is 7.74. The second kappa shape index (κ2) is 11.5. The molecule has 2 aromatic carbocycles. The van der Waals surface area contributed by atoms with E-state index in [0.29, 0.717) is 6.42 Å². The predicted octanol–water partition coefficient (Wildman–Crippen LogP) is 6.31. The number of carbonyl (C=O) groups excluding carboxylic acids is 1. The number of ether oxygens (including phenoxy) is 2.